The second-order valence-corrected chi connectivity index (χ2v) is 4.41. The summed E-state index contributed by atoms with van der Waals surface area (Å²) in [5.41, 5.74) is 8.25. The van der Waals surface area contributed by atoms with Crippen LogP contribution in [0.4, 0.5) is 0 Å². The molecule has 3 N–H and O–H groups in total. The Morgan fingerprint density at radius 1 is 1.13 bits per heavy atom. The molecule has 0 aliphatic heterocycles. The van der Waals surface area contributed by atoms with Crippen molar-refractivity contribution in [1.82, 2.24) is 5.32 Å². The van der Waals surface area contributed by atoms with Gasteiger partial charge in [0.25, 0.3) is 0 Å². The fourth-order valence-corrected chi connectivity index (χ4v) is 1.40. The van der Waals surface area contributed by atoms with E-state index in [1.54, 1.807) is 0 Å². The average Bonchev–Trinajstić information content (AvgIpc) is 2.26. The molecule has 2 heteroatoms. The molecule has 1 aromatic carbocycles. The van der Waals surface area contributed by atoms with Crippen LogP contribution < -0.4 is 11.1 Å². The summed E-state index contributed by atoms with van der Waals surface area (Å²) >= 11 is 0. The predicted molar refractivity (Wildman–Crippen MR) is 65.9 cm³/mol. The van der Waals surface area contributed by atoms with Crippen molar-refractivity contribution in [1.29, 1.82) is 0 Å². The van der Waals surface area contributed by atoms with E-state index in [0.29, 0.717) is 18.5 Å². The summed E-state index contributed by atoms with van der Waals surface area (Å²) in [5.74, 6) is 0.606. The lowest BCUT2D eigenvalue weighted by atomic mass is 10.0. The topological polar surface area (TPSA) is 38.0 Å². The molecule has 0 heterocycles. The first kappa shape index (κ1) is 12.2. The van der Waals surface area contributed by atoms with Gasteiger partial charge in [-0.3, -0.25) is 0 Å². The molecule has 0 radical (unpaired) electrons. The van der Waals surface area contributed by atoms with Crippen LogP contribution in [0.2, 0.25) is 0 Å². The number of nitrogens with one attached hydrogen (secondary N) is 1. The predicted octanol–water partition coefficient (Wildman–Crippen LogP) is 2.25. The van der Waals surface area contributed by atoms with Crippen molar-refractivity contribution < 1.29 is 0 Å². The van der Waals surface area contributed by atoms with E-state index in [2.05, 4.69) is 50.4 Å². The maximum absolute atomic E-state index is 5.54. The molecule has 0 fully saturated rings. The number of nitrogens with two attached hydrogens (primary N) is 1. The fourth-order valence-electron chi connectivity index (χ4n) is 1.40. The van der Waals surface area contributed by atoms with E-state index in [0.717, 1.165) is 6.54 Å². The average molecular weight is 206 g/mol. The molecule has 1 atom stereocenters. The van der Waals surface area contributed by atoms with Crippen LogP contribution in [-0.4, -0.2) is 12.6 Å². The molecule has 1 rings (SSSR count). The highest BCUT2D eigenvalue weighted by atomic mass is 14.9. The van der Waals surface area contributed by atoms with Crippen molar-refractivity contribution >= 4 is 0 Å². The van der Waals surface area contributed by atoms with Crippen molar-refractivity contribution in [3.8, 4) is 0 Å². The third kappa shape index (κ3) is 4.02. The zero-order valence-corrected chi connectivity index (χ0v) is 9.96. The standard InChI is InChI=1S/C13H22N2/c1-10(2)13-6-4-12(5-7-13)9-15-11(3)8-14/h4-7,10-11,15H,8-9,14H2,1-3H3/t11-/m1/s1. The van der Waals surface area contributed by atoms with Crippen LogP contribution in [-0.2, 0) is 6.54 Å². The lowest BCUT2D eigenvalue weighted by molar-refractivity contribution is 0.556. The Morgan fingerprint density at radius 2 is 1.73 bits per heavy atom. The van der Waals surface area contributed by atoms with Gasteiger partial charge in [-0.1, -0.05) is 38.1 Å². The van der Waals surface area contributed by atoms with Gasteiger partial charge in [0.2, 0.25) is 0 Å². The molecule has 15 heavy (non-hydrogen) atoms. The van der Waals surface area contributed by atoms with Crippen LogP contribution in [0.5, 0.6) is 0 Å². The summed E-state index contributed by atoms with van der Waals surface area (Å²) in [6, 6.07) is 9.16. The Kier molecular flexibility index (Phi) is 4.79. The van der Waals surface area contributed by atoms with Crippen LogP contribution in [0.3, 0.4) is 0 Å². The first-order valence-electron chi connectivity index (χ1n) is 5.65. The van der Waals surface area contributed by atoms with Gasteiger partial charge < -0.3 is 11.1 Å². The summed E-state index contributed by atoms with van der Waals surface area (Å²) in [4.78, 5) is 0. The Bertz CT molecular complexity index is 277. The molecule has 0 aliphatic carbocycles. The second kappa shape index (κ2) is 5.89. The van der Waals surface area contributed by atoms with Crippen LogP contribution in [0.1, 0.15) is 37.8 Å². The Hall–Kier alpha value is -0.860. The van der Waals surface area contributed by atoms with E-state index in [9.17, 15) is 0 Å². The summed E-state index contributed by atoms with van der Waals surface area (Å²) < 4.78 is 0. The highest BCUT2D eigenvalue weighted by molar-refractivity contribution is 5.24. The molecular weight excluding hydrogens is 184 g/mol. The smallest absolute Gasteiger partial charge is 0.0208 e. The van der Waals surface area contributed by atoms with E-state index >= 15 is 0 Å². The largest absolute Gasteiger partial charge is 0.329 e. The third-order valence-electron chi connectivity index (χ3n) is 2.65. The molecule has 0 aliphatic rings. The summed E-state index contributed by atoms with van der Waals surface area (Å²) in [6.07, 6.45) is 0. The molecule has 0 spiro atoms. The minimum Gasteiger partial charge on any atom is -0.329 e. The van der Waals surface area contributed by atoms with Gasteiger partial charge in [-0.05, 0) is 24.0 Å². The summed E-state index contributed by atoms with van der Waals surface area (Å²) in [6.45, 7) is 8.11. The number of hydrogen-bond donors (Lipinski definition) is 2. The zero-order chi connectivity index (χ0) is 11.3. The highest BCUT2D eigenvalue weighted by Crippen LogP contribution is 2.14. The van der Waals surface area contributed by atoms with Gasteiger partial charge in [-0.15, -0.1) is 0 Å². The molecule has 0 aromatic heterocycles. The van der Waals surface area contributed by atoms with Gasteiger partial charge >= 0.3 is 0 Å². The number of rotatable bonds is 5. The van der Waals surface area contributed by atoms with Crippen molar-refractivity contribution in [2.75, 3.05) is 6.54 Å². The minimum absolute atomic E-state index is 0.384. The van der Waals surface area contributed by atoms with Crippen molar-refractivity contribution in [2.24, 2.45) is 5.73 Å². The number of hydrogen-bond acceptors (Lipinski definition) is 2. The maximum atomic E-state index is 5.54. The van der Waals surface area contributed by atoms with E-state index in [1.165, 1.54) is 11.1 Å². The van der Waals surface area contributed by atoms with E-state index in [4.69, 9.17) is 5.73 Å². The van der Waals surface area contributed by atoms with Gasteiger partial charge in [0, 0.05) is 19.1 Å². The SMILES string of the molecule is CC(C)c1ccc(CN[C@H](C)CN)cc1. The molecule has 84 valence electrons. The van der Waals surface area contributed by atoms with E-state index in [-0.39, 0.29) is 0 Å². The van der Waals surface area contributed by atoms with Crippen molar-refractivity contribution in [3.63, 3.8) is 0 Å². The lowest BCUT2D eigenvalue weighted by Gasteiger charge is -2.12. The van der Waals surface area contributed by atoms with E-state index in [1.807, 2.05) is 0 Å². The second-order valence-electron chi connectivity index (χ2n) is 4.41. The van der Waals surface area contributed by atoms with Gasteiger partial charge in [0.15, 0.2) is 0 Å². The van der Waals surface area contributed by atoms with Crippen LogP contribution in [0.25, 0.3) is 0 Å². The Morgan fingerprint density at radius 3 is 2.20 bits per heavy atom. The zero-order valence-electron chi connectivity index (χ0n) is 9.96. The van der Waals surface area contributed by atoms with Crippen molar-refractivity contribution in [3.05, 3.63) is 35.4 Å². The molecule has 0 bridgehead atoms. The lowest BCUT2D eigenvalue weighted by Crippen LogP contribution is -2.32. The molecular formula is C13H22N2. The van der Waals surface area contributed by atoms with Crippen molar-refractivity contribution in [2.45, 2.75) is 39.3 Å². The fraction of sp³-hybridized carbons (Fsp3) is 0.538. The molecule has 0 saturated carbocycles. The van der Waals surface area contributed by atoms with Gasteiger partial charge in [-0.2, -0.15) is 0 Å². The number of benzene rings is 1. The van der Waals surface area contributed by atoms with E-state index < -0.39 is 0 Å². The molecule has 0 unspecified atom stereocenters. The maximum Gasteiger partial charge on any atom is 0.0208 e. The molecule has 1 aromatic rings. The molecule has 0 amide bonds. The molecule has 0 saturated heterocycles. The van der Waals surface area contributed by atoms with Gasteiger partial charge in [0.05, 0.1) is 0 Å². The van der Waals surface area contributed by atoms with Crippen LogP contribution in [0.15, 0.2) is 24.3 Å². The summed E-state index contributed by atoms with van der Waals surface area (Å²) in [5, 5.41) is 3.37. The quantitative estimate of drug-likeness (QED) is 0.775. The normalized spacial score (nSPS) is 13.1. The Labute approximate surface area is 92.9 Å². The first-order chi connectivity index (χ1) is 7.13. The van der Waals surface area contributed by atoms with Gasteiger partial charge in [-0.25, -0.2) is 0 Å². The third-order valence-corrected chi connectivity index (χ3v) is 2.65. The van der Waals surface area contributed by atoms with Crippen LogP contribution in [0, 0.1) is 0 Å². The minimum atomic E-state index is 0.384. The van der Waals surface area contributed by atoms with Crippen LogP contribution >= 0.6 is 0 Å². The monoisotopic (exact) mass is 206 g/mol. The first-order valence-corrected chi connectivity index (χ1v) is 5.65. The molecule has 2 nitrogen and oxygen atoms in total. The Balaban J connectivity index is 2.50. The highest BCUT2D eigenvalue weighted by Gasteiger charge is 2.00. The summed E-state index contributed by atoms with van der Waals surface area (Å²) in [7, 11) is 0. The van der Waals surface area contributed by atoms with Gasteiger partial charge in [0.1, 0.15) is 0 Å².